The topological polar surface area (TPSA) is 111 Å². The summed E-state index contributed by atoms with van der Waals surface area (Å²) < 4.78 is 16.7. The Morgan fingerprint density at radius 1 is 1.00 bits per heavy atom. The highest BCUT2D eigenvalue weighted by Crippen LogP contribution is 2.48. The predicted octanol–water partition coefficient (Wildman–Crippen LogP) is 4.58. The summed E-state index contributed by atoms with van der Waals surface area (Å²) in [5.74, 6) is 0.164. The first-order chi connectivity index (χ1) is 18.7. The van der Waals surface area contributed by atoms with Crippen LogP contribution in [0.3, 0.4) is 0 Å². The molecule has 204 valence electrons. The highest BCUT2D eigenvalue weighted by Gasteiger charge is 2.41. The second-order valence-corrected chi connectivity index (χ2v) is 10.3. The fraction of sp³-hybridized carbons (Fsp3) is 0.286. The molecule has 0 saturated heterocycles. The molecule has 0 bridgehead atoms. The number of nitrogens with zero attached hydrogens (tertiary/aromatic N) is 3. The van der Waals surface area contributed by atoms with E-state index in [1.807, 2.05) is 43.3 Å². The number of nitro groups is 1. The summed E-state index contributed by atoms with van der Waals surface area (Å²) in [6, 6.07) is 17.8. The van der Waals surface area contributed by atoms with Crippen molar-refractivity contribution in [1.29, 1.82) is 0 Å². The minimum Gasteiger partial charge on any atom is -0.497 e. The standard InChI is InChI=1S/C28H29N3O7S/c1-29(2)15-16-30-23-14-13-22(37-4)17-24(23)39-26(18-7-11-21(36-3)12-8-18)25(27(30)32)38-28(33)19-5-9-20(10-6-19)31(34)35/h5-14,17,25-26H,15-16H2,1-4H3/t25-,26+/m0/s1. The minimum absolute atomic E-state index is 0.107. The van der Waals surface area contributed by atoms with Gasteiger partial charge in [0, 0.05) is 30.1 Å². The average Bonchev–Trinajstić information content (AvgIpc) is 3.05. The fourth-order valence-electron chi connectivity index (χ4n) is 4.12. The highest BCUT2D eigenvalue weighted by molar-refractivity contribution is 7.99. The molecular formula is C28H29N3O7S. The summed E-state index contributed by atoms with van der Waals surface area (Å²) in [5, 5.41) is 10.4. The number of likely N-dealkylation sites (N-methyl/N-ethyl adjacent to an activating group) is 1. The van der Waals surface area contributed by atoms with E-state index < -0.39 is 22.2 Å². The molecule has 0 N–H and O–H groups in total. The molecule has 1 heterocycles. The van der Waals surface area contributed by atoms with Gasteiger partial charge in [-0.05, 0) is 62.1 Å². The van der Waals surface area contributed by atoms with Gasteiger partial charge in [0.25, 0.3) is 11.6 Å². The predicted molar refractivity (Wildman–Crippen MR) is 148 cm³/mol. The Hall–Kier alpha value is -4.09. The van der Waals surface area contributed by atoms with E-state index >= 15 is 0 Å². The number of ether oxygens (including phenoxy) is 3. The van der Waals surface area contributed by atoms with E-state index in [2.05, 4.69) is 0 Å². The number of hydrogen-bond acceptors (Lipinski definition) is 9. The zero-order valence-electron chi connectivity index (χ0n) is 22.0. The second kappa shape index (κ2) is 12.2. The maximum atomic E-state index is 14.2. The van der Waals surface area contributed by atoms with Crippen LogP contribution in [0.15, 0.2) is 71.6 Å². The van der Waals surface area contributed by atoms with Crippen LogP contribution in [0.25, 0.3) is 0 Å². The molecule has 1 amide bonds. The molecule has 3 aromatic carbocycles. The van der Waals surface area contributed by atoms with Gasteiger partial charge in [0.1, 0.15) is 11.5 Å². The number of benzene rings is 3. The number of anilines is 1. The van der Waals surface area contributed by atoms with E-state index in [-0.39, 0.29) is 17.2 Å². The number of rotatable bonds is 9. The van der Waals surface area contributed by atoms with Crippen molar-refractivity contribution in [1.82, 2.24) is 4.90 Å². The van der Waals surface area contributed by atoms with Crippen LogP contribution in [0.4, 0.5) is 11.4 Å². The Morgan fingerprint density at radius 3 is 2.23 bits per heavy atom. The first-order valence-electron chi connectivity index (χ1n) is 12.1. The quantitative estimate of drug-likeness (QED) is 0.214. The van der Waals surface area contributed by atoms with E-state index in [0.717, 1.165) is 10.5 Å². The molecule has 0 aliphatic carbocycles. The molecule has 11 heteroatoms. The lowest BCUT2D eigenvalue weighted by Crippen LogP contribution is -2.45. The van der Waals surface area contributed by atoms with Gasteiger partial charge < -0.3 is 24.0 Å². The largest absolute Gasteiger partial charge is 0.497 e. The van der Waals surface area contributed by atoms with Crippen LogP contribution in [0.1, 0.15) is 21.2 Å². The van der Waals surface area contributed by atoms with Gasteiger partial charge in [-0.25, -0.2) is 4.79 Å². The van der Waals surface area contributed by atoms with Crippen LogP contribution in [0, 0.1) is 10.1 Å². The van der Waals surface area contributed by atoms with Crippen molar-refractivity contribution in [2.75, 3.05) is 46.3 Å². The first-order valence-corrected chi connectivity index (χ1v) is 13.0. The van der Waals surface area contributed by atoms with Crippen molar-refractivity contribution >= 4 is 35.0 Å². The third kappa shape index (κ3) is 6.32. The van der Waals surface area contributed by atoms with Crippen molar-refractivity contribution < 1.29 is 28.7 Å². The smallest absolute Gasteiger partial charge is 0.338 e. The molecule has 0 radical (unpaired) electrons. The Balaban J connectivity index is 1.78. The Bertz CT molecular complexity index is 1350. The number of carbonyl (C=O) groups excluding carboxylic acids is 2. The Labute approximate surface area is 230 Å². The number of non-ortho nitro benzene ring substituents is 1. The summed E-state index contributed by atoms with van der Waals surface area (Å²) in [4.78, 5) is 42.3. The van der Waals surface area contributed by atoms with Gasteiger partial charge in [-0.2, -0.15) is 0 Å². The molecule has 0 aromatic heterocycles. The number of nitro benzene ring substituents is 1. The SMILES string of the molecule is COc1ccc([C@H]2Sc3cc(OC)ccc3N(CCN(C)C)C(=O)[C@H]2OC(=O)c2ccc([N+](=O)[O-])cc2)cc1. The summed E-state index contributed by atoms with van der Waals surface area (Å²) in [5.41, 5.74) is 1.41. The van der Waals surface area contributed by atoms with Crippen molar-refractivity contribution in [3.63, 3.8) is 0 Å². The van der Waals surface area contributed by atoms with E-state index in [9.17, 15) is 19.7 Å². The fourth-order valence-corrected chi connectivity index (χ4v) is 5.47. The molecule has 4 rings (SSSR count). The van der Waals surface area contributed by atoms with E-state index in [1.165, 1.54) is 36.0 Å². The van der Waals surface area contributed by atoms with Crippen LogP contribution in [-0.4, -0.2) is 69.2 Å². The number of amides is 1. The molecule has 0 fully saturated rings. The molecule has 39 heavy (non-hydrogen) atoms. The maximum absolute atomic E-state index is 14.2. The van der Waals surface area contributed by atoms with Gasteiger partial charge in [-0.3, -0.25) is 14.9 Å². The molecule has 0 spiro atoms. The van der Waals surface area contributed by atoms with Crippen molar-refractivity contribution in [3.8, 4) is 11.5 Å². The highest BCUT2D eigenvalue weighted by atomic mass is 32.2. The summed E-state index contributed by atoms with van der Waals surface area (Å²) in [6.45, 7) is 0.949. The van der Waals surface area contributed by atoms with E-state index in [1.54, 1.807) is 37.3 Å². The molecule has 2 atom stereocenters. The lowest BCUT2D eigenvalue weighted by atomic mass is 10.0. The monoisotopic (exact) mass is 551 g/mol. The first kappa shape index (κ1) is 27.9. The van der Waals surface area contributed by atoms with E-state index in [0.29, 0.717) is 30.3 Å². The van der Waals surface area contributed by atoms with Crippen LogP contribution in [0.5, 0.6) is 11.5 Å². The summed E-state index contributed by atoms with van der Waals surface area (Å²) in [6.07, 6.45) is -1.19. The second-order valence-electron chi connectivity index (χ2n) is 9.07. The van der Waals surface area contributed by atoms with Gasteiger partial charge in [0.2, 0.25) is 0 Å². The Kier molecular flexibility index (Phi) is 8.72. The van der Waals surface area contributed by atoms with E-state index in [4.69, 9.17) is 14.2 Å². The molecule has 1 aliphatic rings. The summed E-state index contributed by atoms with van der Waals surface area (Å²) in [7, 11) is 6.98. The normalized spacial score (nSPS) is 16.8. The molecule has 0 unspecified atom stereocenters. The lowest BCUT2D eigenvalue weighted by Gasteiger charge is -2.28. The third-order valence-corrected chi connectivity index (χ3v) is 7.61. The molecule has 10 nitrogen and oxygen atoms in total. The number of carbonyl (C=O) groups is 2. The van der Waals surface area contributed by atoms with Crippen LogP contribution in [-0.2, 0) is 9.53 Å². The van der Waals surface area contributed by atoms with Crippen molar-refractivity contribution in [2.24, 2.45) is 0 Å². The number of fused-ring (bicyclic) bond motifs is 1. The third-order valence-electron chi connectivity index (χ3n) is 6.26. The zero-order chi connectivity index (χ0) is 28.1. The maximum Gasteiger partial charge on any atom is 0.338 e. The lowest BCUT2D eigenvalue weighted by molar-refractivity contribution is -0.384. The molecule has 1 aliphatic heterocycles. The number of methoxy groups -OCH3 is 2. The van der Waals surface area contributed by atoms with Crippen LogP contribution < -0.4 is 14.4 Å². The van der Waals surface area contributed by atoms with Crippen molar-refractivity contribution in [2.45, 2.75) is 16.2 Å². The number of thioether (sulfide) groups is 1. The van der Waals surface area contributed by atoms with Gasteiger partial charge in [0.05, 0.1) is 35.6 Å². The molecule has 3 aromatic rings. The molecular weight excluding hydrogens is 522 g/mol. The number of esters is 1. The Morgan fingerprint density at radius 2 is 1.64 bits per heavy atom. The van der Waals surface area contributed by atoms with Gasteiger partial charge >= 0.3 is 5.97 Å². The van der Waals surface area contributed by atoms with Crippen LogP contribution in [0.2, 0.25) is 0 Å². The minimum atomic E-state index is -1.19. The zero-order valence-corrected chi connectivity index (χ0v) is 22.8. The summed E-state index contributed by atoms with van der Waals surface area (Å²) >= 11 is 1.40. The van der Waals surface area contributed by atoms with Crippen molar-refractivity contribution in [3.05, 3.63) is 88.0 Å². The van der Waals surface area contributed by atoms with Crippen LogP contribution >= 0.6 is 11.8 Å². The van der Waals surface area contributed by atoms with Gasteiger partial charge in [0.15, 0.2) is 6.10 Å². The average molecular weight is 552 g/mol. The number of hydrogen-bond donors (Lipinski definition) is 0. The molecule has 0 saturated carbocycles. The van der Waals surface area contributed by atoms with Gasteiger partial charge in [-0.15, -0.1) is 11.8 Å². The van der Waals surface area contributed by atoms with Gasteiger partial charge in [-0.1, -0.05) is 12.1 Å².